The maximum atomic E-state index is 12.4. The summed E-state index contributed by atoms with van der Waals surface area (Å²) in [4.78, 5) is 0.0813. The van der Waals surface area contributed by atoms with Crippen molar-refractivity contribution >= 4 is 15.7 Å². The van der Waals surface area contributed by atoms with Crippen molar-refractivity contribution in [3.8, 4) is 0 Å². The molecule has 1 aliphatic carbocycles. The highest BCUT2D eigenvalue weighted by atomic mass is 32.2. The number of aryl methyl sites for hydroxylation is 1. The third kappa shape index (κ3) is 2.91. The van der Waals surface area contributed by atoms with E-state index >= 15 is 0 Å². The first-order chi connectivity index (χ1) is 8.88. The fraction of sp³-hybridized carbons (Fsp3) is 0.538. The zero-order valence-corrected chi connectivity index (χ0v) is 11.8. The maximum absolute atomic E-state index is 12.4. The summed E-state index contributed by atoms with van der Waals surface area (Å²) < 4.78 is 27.4. The van der Waals surface area contributed by atoms with Crippen LogP contribution >= 0.6 is 0 Å². The molecule has 0 saturated heterocycles. The lowest BCUT2D eigenvalue weighted by Crippen LogP contribution is -2.49. The third-order valence-corrected chi connectivity index (χ3v) is 5.32. The van der Waals surface area contributed by atoms with E-state index in [0.717, 1.165) is 18.4 Å². The van der Waals surface area contributed by atoms with Gasteiger partial charge in [-0.15, -0.1) is 0 Å². The molecule has 0 heterocycles. The number of rotatable bonds is 4. The SMILES string of the molecule is Cc1ccc(S(=O)(=O)NC2(CO)CCCC2)c(N)c1. The van der Waals surface area contributed by atoms with Crippen molar-refractivity contribution in [2.45, 2.75) is 43.0 Å². The highest BCUT2D eigenvalue weighted by Gasteiger charge is 2.37. The van der Waals surface area contributed by atoms with Gasteiger partial charge < -0.3 is 10.8 Å². The van der Waals surface area contributed by atoms with Gasteiger partial charge in [0.05, 0.1) is 17.8 Å². The van der Waals surface area contributed by atoms with Crippen molar-refractivity contribution in [2.24, 2.45) is 0 Å². The standard InChI is InChI=1S/C13H20N2O3S/c1-10-4-5-12(11(14)8-10)19(17,18)15-13(9-16)6-2-3-7-13/h4-5,8,15-16H,2-3,6-7,9,14H2,1H3. The van der Waals surface area contributed by atoms with Crippen molar-refractivity contribution < 1.29 is 13.5 Å². The van der Waals surface area contributed by atoms with Gasteiger partial charge >= 0.3 is 0 Å². The highest BCUT2D eigenvalue weighted by molar-refractivity contribution is 7.89. The third-order valence-electron chi connectivity index (χ3n) is 3.67. The Morgan fingerprint density at radius 3 is 2.53 bits per heavy atom. The average molecular weight is 284 g/mol. The molecular formula is C13H20N2O3S. The first kappa shape index (κ1) is 14.3. The molecule has 2 rings (SSSR count). The van der Waals surface area contributed by atoms with Crippen LogP contribution in [0.1, 0.15) is 31.2 Å². The molecule has 1 aromatic carbocycles. The molecule has 0 aliphatic heterocycles. The second-order valence-corrected chi connectivity index (χ2v) is 6.94. The van der Waals surface area contributed by atoms with Crippen LogP contribution in [0.25, 0.3) is 0 Å². The number of anilines is 1. The van der Waals surface area contributed by atoms with Gasteiger partial charge in [-0.2, -0.15) is 0 Å². The van der Waals surface area contributed by atoms with Gasteiger partial charge in [0.1, 0.15) is 4.90 Å². The van der Waals surface area contributed by atoms with Crippen LogP contribution in [-0.2, 0) is 10.0 Å². The van der Waals surface area contributed by atoms with Crippen molar-refractivity contribution in [3.05, 3.63) is 23.8 Å². The minimum absolute atomic E-state index is 0.0813. The monoisotopic (exact) mass is 284 g/mol. The number of benzene rings is 1. The normalized spacial score (nSPS) is 18.6. The molecule has 0 aromatic heterocycles. The zero-order chi connectivity index (χ0) is 14.1. The summed E-state index contributed by atoms with van der Waals surface area (Å²) in [5.41, 5.74) is 6.20. The number of sulfonamides is 1. The van der Waals surface area contributed by atoms with E-state index in [1.54, 1.807) is 12.1 Å². The molecule has 0 radical (unpaired) electrons. The Hall–Kier alpha value is -1.11. The van der Waals surface area contributed by atoms with Gasteiger partial charge in [0.15, 0.2) is 0 Å². The van der Waals surface area contributed by atoms with Crippen LogP contribution < -0.4 is 10.5 Å². The van der Waals surface area contributed by atoms with E-state index in [0.29, 0.717) is 12.8 Å². The summed E-state index contributed by atoms with van der Waals surface area (Å²) in [6.45, 7) is 1.67. The summed E-state index contributed by atoms with van der Waals surface area (Å²) in [6.07, 6.45) is 3.17. The number of aliphatic hydroxyl groups is 1. The Kier molecular flexibility index (Phi) is 3.85. The van der Waals surface area contributed by atoms with Crippen LogP contribution in [0.15, 0.2) is 23.1 Å². The fourth-order valence-electron chi connectivity index (χ4n) is 2.60. The van der Waals surface area contributed by atoms with Crippen molar-refractivity contribution in [3.63, 3.8) is 0 Å². The van der Waals surface area contributed by atoms with E-state index < -0.39 is 15.6 Å². The molecule has 6 heteroatoms. The number of hydrogen-bond donors (Lipinski definition) is 3. The number of nitrogens with one attached hydrogen (secondary N) is 1. The average Bonchev–Trinajstić information content (AvgIpc) is 2.77. The summed E-state index contributed by atoms with van der Waals surface area (Å²) >= 11 is 0. The molecule has 0 unspecified atom stereocenters. The highest BCUT2D eigenvalue weighted by Crippen LogP contribution is 2.31. The molecule has 4 N–H and O–H groups in total. The molecule has 1 aliphatic rings. The van der Waals surface area contributed by atoms with Gasteiger partial charge in [0, 0.05) is 0 Å². The first-order valence-corrected chi connectivity index (χ1v) is 7.88. The summed E-state index contributed by atoms with van der Waals surface area (Å²) in [7, 11) is -3.70. The first-order valence-electron chi connectivity index (χ1n) is 6.40. The predicted molar refractivity (Wildman–Crippen MR) is 74.2 cm³/mol. The Morgan fingerprint density at radius 2 is 2.00 bits per heavy atom. The molecule has 0 spiro atoms. The second-order valence-electron chi connectivity index (χ2n) is 5.29. The lowest BCUT2D eigenvalue weighted by atomic mass is 10.0. The van der Waals surface area contributed by atoms with E-state index in [-0.39, 0.29) is 17.2 Å². The van der Waals surface area contributed by atoms with Gasteiger partial charge in [0.2, 0.25) is 10.0 Å². The van der Waals surface area contributed by atoms with Crippen LogP contribution in [0.2, 0.25) is 0 Å². The molecular weight excluding hydrogens is 264 g/mol. The molecule has 0 atom stereocenters. The number of nitrogens with two attached hydrogens (primary N) is 1. The Morgan fingerprint density at radius 1 is 1.37 bits per heavy atom. The minimum atomic E-state index is -3.70. The maximum Gasteiger partial charge on any atom is 0.243 e. The molecule has 5 nitrogen and oxygen atoms in total. The Labute approximate surface area is 113 Å². The van der Waals surface area contributed by atoms with Crippen LogP contribution in [0.4, 0.5) is 5.69 Å². The van der Waals surface area contributed by atoms with Crippen LogP contribution in [0, 0.1) is 6.92 Å². The van der Waals surface area contributed by atoms with E-state index in [2.05, 4.69) is 4.72 Å². The van der Waals surface area contributed by atoms with Crippen molar-refractivity contribution in [2.75, 3.05) is 12.3 Å². The van der Waals surface area contributed by atoms with E-state index in [1.165, 1.54) is 6.07 Å². The van der Waals surface area contributed by atoms with E-state index in [9.17, 15) is 13.5 Å². The summed E-state index contributed by atoms with van der Waals surface area (Å²) in [5, 5.41) is 9.48. The molecule has 1 saturated carbocycles. The van der Waals surface area contributed by atoms with Gasteiger partial charge in [-0.05, 0) is 37.5 Å². The number of hydrogen-bond acceptors (Lipinski definition) is 4. The van der Waals surface area contributed by atoms with Crippen LogP contribution in [0.5, 0.6) is 0 Å². The lowest BCUT2D eigenvalue weighted by Gasteiger charge is -2.27. The Balaban J connectivity index is 2.32. The fourth-order valence-corrected chi connectivity index (χ4v) is 4.16. The van der Waals surface area contributed by atoms with Gasteiger partial charge in [-0.3, -0.25) is 0 Å². The lowest BCUT2D eigenvalue weighted by molar-refractivity contribution is 0.185. The van der Waals surface area contributed by atoms with Gasteiger partial charge in [0.25, 0.3) is 0 Å². The molecule has 0 amide bonds. The van der Waals surface area contributed by atoms with Crippen molar-refractivity contribution in [1.29, 1.82) is 0 Å². The van der Waals surface area contributed by atoms with E-state index in [1.807, 2.05) is 6.92 Å². The number of aliphatic hydroxyl groups excluding tert-OH is 1. The summed E-state index contributed by atoms with van der Waals surface area (Å²) in [6, 6.07) is 4.85. The molecule has 19 heavy (non-hydrogen) atoms. The molecule has 1 aromatic rings. The summed E-state index contributed by atoms with van der Waals surface area (Å²) in [5.74, 6) is 0. The molecule has 1 fully saturated rings. The second kappa shape index (κ2) is 5.11. The smallest absolute Gasteiger partial charge is 0.243 e. The number of nitrogen functional groups attached to an aromatic ring is 1. The van der Waals surface area contributed by atoms with Gasteiger partial charge in [-0.1, -0.05) is 18.9 Å². The van der Waals surface area contributed by atoms with E-state index in [4.69, 9.17) is 5.73 Å². The Bertz CT molecular complexity index is 563. The zero-order valence-electron chi connectivity index (χ0n) is 11.0. The minimum Gasteiger partial charge on any atom is -0.398 e. The topological polar surface area (TPSA) is 92.4 Å². The van der Waals surface area contributed by atoms with Crippen molar-refractivity contribution in [1.82, 2.24) is 4.72 Å². The molecule has 0 bridgehead atoms. The van der Waals surface area contributed by atoms with Crippen LogP contribution in [0.3, 0.4) is 0 Å². The molecule has 106 valence electrons. The quantitative estimate of drug-likeness (QED) is 0.723. The van der Waals surface area contributed by atoms with Crippen LogP contribution in [-0.4, -0.2) is 25.7 Å². The van der Waals surface area contributed by atoms with Gasteiger partial charge in [-0.25, -0.2) is 13.1 Å². The predicted octanol–water partition coefficient (Wildman–Crippen LogP) is 1.16. The largest absolute Gasteiger partial charge is 0.398 e.